The second-order valence-electron chi connectivity index (χ2n) is 5.79. The van der Waals surface area contributed by atoms with Crippen LogP contribution in [0.3, 0.4) is 0 Å². The van der Waals surface area contributed by atoms with Gasteiger partial charge >= 0.3 is 0 Å². The molecule has 0 fully saturated rings. The van der Waals surface area contributed by atoms with Crippen molar-refractivity contribution in [2.24, 2.45) is 5.11 Å². The average molecular weight is 423 g/mol. The molecule has 0 heterocycles. The van der Waals surface area contributed by atoms with Gasteiger partial charge in [0.1, 0.15) is 22.9 Å². The molecule has 0 aliphatic carbocycles. The maximum absolute atomic E-state index is 12.4. The van der Waals surface area contributed by atoms with E-state index >= 15 is 0 Å². The Morgan fingerprint density at radius 2 is 1.69 bits per heavy atom. The molecule has 0 unspecified atom stereocenters. The van der Waals surface area contributed by atoms with Crippen LogP contribution in [-0.4, -0.2) is 57.2 Å². The fourth-order valence-corrected chi connectivity index (χ4v) is 2.82. The van der Waals surface area contributed by atoms with Crippen molar-refractivity contribution < 1.29 is 32.0 Å². The van der Waals surface area contributed by atoms with Crippen LogP contribution in [-0.2, 0) is 10.1 Å². The van der Waals surface area contributed by atoms with Crippen molar-refractivity contribution in [3.63, 3.8) is 0 Å². The zero-order valence-electron chi connectivity index (χ0n) is 16.2. The molecule has 10 nitrogen and oxygen atoms in total. The molecule has 0 aromatic heterocycles. The molecule has 2 aromatic carbocycles. The molecular formula is C18H23N4O6S+. The molecule has 0 bridgehead atoms. The topological polar surface area (TPSA) is 129 Å². The fraction of sp³-hybridized carbons (Fsp3) is 0.278. The first-order valence-corrected chi connectivity index (χ1v) is 10.1. The zero-order chi connectivity index (χ0) is 21.4. The number of hydrazine groups is 1. The summed E-state index contributed by atoms with van der Waals surface area (Å²) in [6.45, 7) is -0.104. The van der Waals surface area contributed by atoms with Gasteiger partial charge in [-0.2, -0.15) is 8.42 Å². The van der Waals surface area contributed by atoms with Crippen molar-refractivity contribution in [2.75, 3.05) is 44.3 Å². The van der Waals surface area contributed by atoms with E-state index in [9.17, 15) is 13.2 Å². The van der Waals surface area contributed by atoms with Gasteiger partial charge in [0.25, 0.3) is 16.0 Å². The monoisotopic (exact) mass is 423 g/mol. The number of anilines is 2. The normalized spacial score (nSPS) is 11.7. The molecule has 0 atom stereocenters. The van der Waals surface area contributed by atoms with E-state index in [0.29, 0.717) is 28.4 Å². The highest BCUT2D eigenvalue weighted by Crippen LogP contribution is 2.36. The Morgan fingerprint density at radius 1 is 1.10 bits per heavy atom. The third-order valence-electron chi connectivity index (χ3n) is 3.86. The second kappa shape index (κ2) is 9.85. The van der Waals surface area contributed by atoms with E-state index in [1.165, 1.54) is 26.1 Å². The number of hydrogen-bond acceptors (Lipinski definition) is 6. The summed E-state index contributed by atoms with van der Waals surface area (Å²) in [6, 6.07) is 11.8. The number of methoxy groups -OCH3 is 2. The van der Waals surface area contributed by atoms with Crippen LogP contribution in [0, 0.1) is 0 Å². The van der Waals surface area contributed by atoms with E-state index in [1.807, 2.05) is 6.07 Å². The van der Waals surface area contributed by atoms with Crippen LogP contribution in [0.5, 0.6) is 11.5 Å². The highest BCUT2D eigenvalue weighted by Gasteiger charge is 2.19. The first kappa shape index (κ1) is 22.1. The van der Waals surface area contributed by atoms with Gasteiger partial charge in [-0.1, -0.05) is 18.2 Å². The average Bonchev–Trinajstić information content (AvgIpc) is 2.71. The molecule has 0 radical (unpaired) electrons. The predicted octanol–water partition coefficient (Wildman–Crippen LogP) is 2.27. The van der Waals surface area contributed by atoms with Crippen molar-refractivity contribution in [2.45, 2.75) is 0 Å². The van der Waals surface area contributed by atoms with E-state index in [1.54, 1.807) is 36.4 Å². The molecule has 2 aromatic rings. The molecule has 1 amide bonds. The molecule has 0 saturated heterocycles. The summed E-state index contributed by atoms with van der Waals surface area (Å²) < 4.78 is 41.6. The Morgan fingerprint density at radius 3 is 2.24 bits per heavy atom. The summed E-state index contributed by atoms with van der Waals surface area (Å²) in [5.74, 6) is -0.120. The lowest BCUT2D eigenvalue weighted by molar-refractivity contribution is -0.560. The molecule has 0 spiro atoms. The summed E-state index contributed by atoms with van der Waals surface area (Å²) in [5, 5.41) is 6.68. The van der Waals surface area contributed by atoms with Gasteiger partial charge in [0.05, 0.1) is 27.0 Å². The largest absolute Gasteiger partial charge is 0.494 e. The quantitative estimate of drug-likeness (QED) is 0.244. The Hall–Kier alpha value is -3.18. The van der Waals surface area contributed by atoms with Crippen LogP contribution in [0.4, 0.5) is 11.4 Å². The van der Waals surface area contributed by atoms with Crippen molar-refractivity contribution in [3.8, 4) is 11.5 Å². The minimum Gasteiger partial charge on any atom is -0.494 e. The van der Waals surface area contributed by atoms with Gasteiger partial charge in [-0.25, -0.2) is 0 Å². The summed E-state index contributed by atoms with van der Waals surface area (Å²) in [7, 11) is 0.206. The van der Waals surface area contributed by atoms with Crippen molar-refractivity contribution >= 4 is 27.4 Å². The first-order valence-electron chi connectivity index (χ1n) is 8.49. The predicted molar refractivity (Wildman–Crippen MR) is 107 cm³/mol. The lowest BCUT2D eigenvalue weighted by atomic mass is 10.2. The number of carbonyl (C=O) groups excluding carboxylic acids is 1. The van der Waals surface area contributed by atoms with Gasteiger partial charge in [-0.15, -0.1) is 5.43 Å². The second-order valence-corrected chi connectivity index (χ2v) is 7.37. The van der Waals surface area contributed by atoms with E-state index in [-0.39, 0.29) is 12.5 Å². The van der Waals surface area contributed by atoms with Crippen molar-refractivity contribution in [3.05, 3.63) is 48.0 Å². The molecule has 2 rings (SSSR count). The lowest BCUT2D eigenvalue weighted by Gasteiger charge is -2.15. The van der Waals surface area contributed by atoms with Crippen LogP contribution in [0.2, 0.25) is 0 Å². The molecule has 156 valence electrons. The smallest absolute Gasteiger partial charge is 0.271 e. The minimum absolute atomic E-state index is 0.104. The summed E-state index contributed by atoms with van der Waals surface area (Å²) in [4.78, 5) is 13.7. The molecule has 29 heavy (non-hydrogen) atoms. The van der Waals surface area contributed by atoms with E-state index < -0.39 is 15.9 Å². The van der Waals surface area contributed by atoms with E-state index in [2.05, 4.69) is 15.9 Å². The highest BCUT2D eigenvalue weighted by atomic mass is 32.2. The van der Waals surface area contributed by atoms with Crippen LogP contribution in [0.15, 0.2) is 47.6 Å². The molecule has 0 aliphatic rings. The van der Waals surface area contributed by atoms with Crippen LogP contribution >= 0.6 is 0 Å². The molecule has 11 heteroatoms. The van der Waals surface area contributed by atoms with Gasteiger partial charge in [0.15, 0.2) is 0 Å². The maximum atomic E-state index is 12.4. The van der Waals surface area contributed by atoms with Gasteiger partial charge in [0.2, 0.25) is 6.54 Å². The Kier molecular flexibility index (Phi) is 7.51. The van der Waals surface area contributed by atoms with Gasteiger partial charge in [-0.05, 0) is 22.1 Å². The van der Waals surface area contributed by atoms with Crippen molar-refractivity contribution in [1.82, 2.24) is 0 Å². The number of azo groups is 1. The maximum Gasteiger partial charge on any atom is 0.271 e. The third-order valence-corrected chi connectivity index (χ3v) is 4.56. The first-order chi connectivity index (χ1) is 13.8. The SMILES string of the molecule is CN=[N+](CCS(=O)(=O)O)Nc1cc(OC)c(NC(=O)c2ccccc2)cc1OC. The summed E-state index contributed by atoms with van der Waals surface area (Å²) in [5.41, 5.74) is 4.17. The number of benzene rings is 2. The number of nitrogens with zero attached hydrogens (tertiary/aromatic N) is 2. The lowest BCUT2D eigenvalue weighted by Crippen LogP contribution is -2.24. The third kappa shape index (κ3) is 6.43. The fourth-order valence-electron chi connectivity index (χ4n) is 2.41. The highest BCUT2D eigenvalue weighted by molar-refractivity contribution is 7.85. The number of rotatable bonds is 9. The standard InChI is InChI=1S/C18H22N4O6S/c1-19-22(9-10-29(24,25)26)21-15-12-16(27-2)14(11-17(15)28-3)20-18(23)13-7-5-4-6-8-13/h4-8,11-12,19H,9-10H2,1-3H3,(H,24,25,26)/p+1. The number of nitrogens with one attached hydrogen (secondary N) is 2. The number of ether oxygens (including phenoxy) is 2. The molecule has 3 N–H and O–H groups in total. The number of hydrogen-bond donors (Lipinski definition) is 3. The number of carbonyl (C=O) groups is 1. The van der Waals surface area contributed by atoms with E-state index in [4.69, 9.17) is 14.0 Å². The van der Waals surface area contributed by atoms with Crippen LogP contribution in [0.25, 0.3) is 0 Å². The van der Waals surface area contributed by atoms with Gasteiger partial charge in [-0.3, -0.25) is 9.35 Å². The molecule has 0 saturated carbocycles. The summed E-state index contributed by atoms with van der Waals surface area (Å²) >= 11 is 0. The molecule has 0 aliphatic heterocycles. The summed E-state index contributed by atoms with van der Waals surface area (Å²) in [6.07, 6.45) is 0. The van der Waals surface area contributed by atoms with E-state index in [0.717, 1.165) is 0 Å². The number of amides is 1. The Bertz CT molecular complexity index is 993. The van der Waals surface area contributed by atoms with Gasteiger partial charge in [0, 0.05) is 17.7 Å². The molecular weight excluding hydrogens is 400 g/mol. The minimum atomic E-state index is -4.14. The van der Waals surface area contributed by atoms with Crippen molar-refractivity contribution in [1.29, 1.82) is 0 Å². The Labute approximate surface area is 168 Å². The van der Waals surface area contributed by atoms with Gasteiger partial charge < -0.3 is 14.8 Å². The van der Waals surface area contributed by atoms with Crippen LogP contribution in [0.1, 0.15) is 10.4 Å². The Balaban J connectivity index is 2.28. The van der Waals surface area contributed by atoms with Crippen LogP contribution < -0.4 is 20.2 Å². The zero-order valence-corrected chi connectivity index (χ0v) is 17.1.